The molecule has 0 aliphatic heterocycles. The van der Waals surface area contributed by atoms with Gasteiger partial charge >= 0.3 is 0 Å². The zero-order valence-electron chi connectivity index (χ0n) is 6.70. The summed E-state index contributed by atoms with van der Waals surface area (Å²) in [7, 11) is 0. The summed E-state index contributed by atoms with van der Waals surface area (Å²) >= 11 is 0. The molecule has 0 bridgehead atoms. The van der Waals surface area contributed by atoms with Crippen molar-refractivity contribution < 1.29 is 0 Å². The average molecular weight is 154 g/mol. The van der Waals surface area contributed by atoms with Gasteiger partial charge < -0.3 is 16.0 Å². The minimum absolute atomic E-state index is 0.0315. The molecule has 0 aliphatic carbocycles. The molecule has 1 aromatic heterocycles. The van der Waals surface area contributed by atoms with Crippen LogP contribution in [0.4, 0.5) is 0 Å². The lowest BCUT2D eigenvalue weighted by Crippen LogP contribution is -2.16. The Balaban J connectivity index is 2.78. The molecule has 1 rings (SSSR count). The van der Waals surface area contributed by atoms with Gasteiger partial charge in [0.1, 0.15) is 0 Å². The van der Waals surface area contributed by atoms with Gasteiger partial charge in [-0.05, 0) is 6.92 Å². The van der Waals surface area contributed by atoms with Crippen LogP contribution in [0.3, 0.4) is 0 Å². The molecule has 4 nitrogen and oxygen atoms in total. The van der Waals surface area contributed by atoms with Crippen molar-refractivity contribution in [3.63, 3.8) is 0 Å². The van der Waals surface area contributed by atoms with E-state index >= 15 is 0 Å². The first-order chi connectivity index (χ1) is 5.25. The number of imidazole rings is 1. The van der Waals surface area contributed by atoms with Gasteiger partial charge in [0, 0.05) is 25.3 Å². The van der Waals surface area contributed by atoms with E-state index in [4.69, 9.17) is 11.5 Å². The Hall–Kier alpha value is -0.870. The van der Waals surface area contributed by atoms with Gasteiger partial charge in [-0.1, -0.05) is 0 Å². The molecular formula is C7H14N4. The second kappa shape index (κ2) is 3.50. The Morgan fingerprint density at radius 1 is 1.73 bits per heavy atom. The third kappa shape index (κ3) is 1.78. The smallest absolute Gasteiger partial charge is 0.0949 e. The SMILES string of the molecule is C[C@@H](N)c1cncn1CCN. The third-order valence-corrected chi connectivity index (χ3v) is 1.58. The molecule has 0 saturated carbocycles. The Kier molecular flexibility index (Phi) is 2.62. The molecule has 0 amide bonds. The molecule has 4 N–H and O–H groups in total. The summed E-state index contributed by atoms with van der Waals surface area (Å²) in [5.74, 6) is 0. The van der Waals surface area contributed by atoms with Crippen LogP contribution in [-0.2, 0) is 6.54 Å². The molecule has 11 heavy (non-hydrogen) atoms. The van der Waals surface area contributed by atoms with Gasteiger partial charge in [-0.2, -0.15) is 0 Å². The van der Waals surface area contributed by atoms with Crippen LogP contribution in [0, 0.1) is 0 Å². The predicted octanol–water partition coefficient (Wildman–Crippen LogP) is -0.138. The van der Waals surface area contributed by atoms with Crippen molar-refractivity contribution in [1.82, 2.24) is 9.55 Å². The molecular weight excluding hydrogens is 140 g/mol. The van der Waals surface area contributed by atoms with Crippen molar-refractivity contribution in [3.8, 4) is 0 Å². The van der Waals surface area contributed by atoms with E-state index in [1.807, 2.05) is 11.5 Å². The minimum atomic E-state index is 0.0315. The normalized spacial score (nSPS) is 13.4. The maximum absolute atomic E-state index is 5.69. The molecule has 0 aliphatic rings. The summed E-state index contributed by atoms with van der Waals surface area (Å²) in [5.41, 5.74) is 12.1. The lowest BCUT2D eigenvalue weighted by atomic mass is 10.3. The number of nitrogens with two attached hydrogens (primary N) is 2. The highest BCUT2D eigenvalue weighted by atomic mass is 15.1. The largest absolute Gasteiger partial charge is 0.332 e. The fourth-order valence-corrected chi connectivity index (χ4v) is 1.04. The van der Waals surface area contributed by atoms with Crippen LogP contribution >= 0.6 is 0 Å². The van der Waals surface area contributed by atoms with E-state index in [0.717, 1.165) is 12.2 Å². The monoisotopic (exact) mass is 154 g/mol. The van der Waals surface area contributed by atoms with Crippen molar-refractivity contribution >= 4 is 0 Å². The molecule has 0 aromatic carbocycles. The van der Waals surface area contributed by atoms with Crippen molar-refractivity contribution in [2.75, 3.05) is 6.54 Å². The van der Waals surface area contributed by atoms with Crippen LogP contribution in [0.25, 0.3) is 0 Å². The van der Waals surface area contributed by atoms with Crippen LogP contribution in [-0.4, -0.2) is 16.1 Å². The van der Waals surface area contributed by atoms with Gasteiger partial charge in [0.2, 0.25) is 0 Å². The Labute approximate surface area is 66.2 Å². The van der Waals surface area contributed by atoms with Gasteiger partial charge in [-0.3, -0.25) is 0 Å². The number of aromatic nitrogens is 2. The van der Waals surface area contributed by atoms with Crippen LogP contribution in [0.15, 0.2) is 12.5 Å². The minimum Gasteiger partial charge on any atom is -0.332 e. The summed E-state index contributed by atoms with van der Waals surface area (Å²) in [6.45, 7) is 3.34. The summed E-state index contributed by atoms with van der Waals surface area (Å²) in [6.07, 6.45) is 3.53. The molecule has 1 atom stereocenters. The highest BCUT2D eigenvalue weighted by Gasteiger charge is 2.04. The molecule has 0 spiro atoms. The number of hydrogen-bond donors (Lipinski definition) is 2. The zero-order valence-corrected chi connectivity index (χ0v) is 6.70. The first-order valence-corrected chi connectivity index (χ1v) is 3.71. The molecule has 62 valence electrons. The van der Waals surface area contributed by atoms with E-state index in [2.05, 4.69) is 4.98 Å². The number of rotatable bonds is 3. The lowest BCUT2D eigenvalue weighted by Gasteiger charge is -2.08. The Bertz CT molecular complexity index is 216. The average Bonchev–Trinajstić information content (AvgIpc) is 2.36. The van der Waals surface area contributed by atoms with E-state index in [1.165, 1.54) is 0 Å². The van der Waals surface area contributed by atoms with E-state index in [-0.39, 0.29) is 6.04 Å². The number of hydrogen-bond acceptors (Lipinski definition) is 3. The fraction of sp³-hybridized carbons (Fsp3) is 0.571. The maximum atomic E-state index is 5.69. The standard InChI is InChI=1S/C7H14N4/c1-6(9)7-4-10-5-11(7)3-2-8/h4-6H,2-3,8-9H2,1H3/t6-/m1/s1. The van der Waals surface area contributed by atoms with Crippen molar-refractivity contribution in [1.29, 1.82) is 0 Å². The first-order valence-electron chi connectivity index (χ1n) is 3.71. The van der Waals surface area contributed by atoms with Crippen molar-refractivity contribution in [2.24, 2.45) is 11.5 Å². The van der Waals surface area contributed by atoms with Gasteiger partial charge in [-0.15, -0.1) is 0 Å². The van der Waals surface area contributed by atoms with Crippen LogP contribution in [0.2, 0.25) is 0 Å². The molecule has 4 heteroatoms. The van der Waals surface area contributed by atoms with Gasteiger partial charge in [0.15, 0.2) is 0 Å². The highest BCUT2D eigenvalue weighted by Crippen LogP contribution is 2.07. The summed E-state index contributed by atoms with van der Waals surface area (Å²) in [5, 5.41) is 0. The van der Waals surface area contributed by atoms with E-state index < -0.39 is 0 Å². The molecule has 1 heterocycles. The first kappa shape index (κ1) is 8.23. The molecule has 0 radical (unpaired) electrons. The summed E-state index contributed by atoms with van der Waals surface area (Å²) < 4.78 is 1.98. The fourth-order valence-electron chi connectivity index (χ4n) is 1.04. The predicted molar refractivity (Wildman–Crippen MR) is 43.9 cm³/mol. The molecule has 0 unspecified atom stereocenters. The van der Waals surface area contributed by atoms with E-state index in [1.54, 1.807) is 12.5 Å². The quantitative estimate of drug-likeness (QED) is 0.636. The molecule has 0 saturated heterocycles. The highest BCUT2D eigenvalue weighted by molar-refractivity contribution is 5.02. The Morgan fingerprint density at radius 2 is 2.45 bits per heavy atom. The topological polar surface area (TPSA) is 69.9 Å². The van der Waals surface area contributed by atoms with Crippen molar-refractivity contribution in [3.05, 3.63) is 18.2 Å². The van der Waals surface area contributed by atoms with Gasteiger partial charge in [0.25, 0.3) is 0 Å². The lowest BCUT2D eigenvalue weighted by molar-refractivity contribution is 0.632. The van der Waals surface area contributed by atoms with Crippen LogP contribution < -0.4 is 11.5 Å². The second-order valence-electron chi connectivity index (χ2n) is 2.59. The maximum Gasteiger partial charge on any atom is 0.0949 e. The van der Waals surface area contributed by atoms with Crippen LogP contribution in [0.1, 0.15) is 18.7 Å². The zero-order chi connectivity index (χ0) is 8.27. The molecule has 1 aromatic rings. The summed E-state index contributed by atoms with van der Waals surface area (Å²) in [4.78, 5) is 3.99. The van der Waals surface area contributed by atoms with Gasteiger partial charge in [-0.25, -0.2) is 4.98 Å². The van der Waals surface area contributed by atoms with Crippen LogP contribution in [0.5, 0.6) is 0 Å². The second-order valence-corrected chi connectivity index (χ2v) is 2.59. The van der Waals surface area contributed by atoms with Gasteiger partial charge in [0.05, 0.1) is 12.0 Å². The summed E-state index contributed by atoms with van der Waals surface area (Å²) in [6, 6.07) is 0.0315. The third-order valence-electron chi connectivity index (χ3n) is 1.58. The van der Waals surface area contributed by atoms with E-state index in [9.17, 15) is 0 Å². The number of nitrogens with zero attached hydrogens (tertiary/aromatic N) is 2. The molecule has 0 fully saturated rings. The van der Waals surface area contributed by atoms with E-state index in [0.29, 0.717) is 6.54 Å². The Morgan fingerprint density at radius 3 is 3.00 bits per heavy atom. The van der Waals surface area contributed by atoms with Crippen molar-refractivity contribution in [2.45, 2.75) is 19.5 Å².